The summed E-state index contributed by atoms with van der Waals surface area (Å²) in [4.78, 5) is 11.6. The van der Waals surface area contributed by atoms with E-state index in [2.05, 4.69) is 12.1 Å². The zero-order chi connectivity index (χ0) is 13.4. The SMILES string of the molecule is CC[C@H](C)[C@H](N)C(=O)OCCCc1ccccc1. The highest BCUT2D eigenvalue weighted by atomic mass is 16.5. The minimum atomic E-state index is -0.494. The van der Waals surface area contributed by atoms with E-state index < -0.39 is 6.04 Å². The third-order valence-electron chi connectivity index (χ3n) is 3.23. The van der Waals surface area contributed by atoms with Crippen molar-refractivity contribution in [3.8, 4) is 0 Å². The largest absolute Gasteiger partial charge is 0.465 e. The smallest absolute Gasteiger partial charge is 0.323 e. The average molecular weight is 249 g/mol. The summed E-state index contributed by atoms with van der Waals surface area (Å²) in [6, 6.07) is 9.68. The monoisotopic (exact) mass is 249 g/mol. The second-order valence-electron chi connectivity index (χ2n) is 4.67. The molecule has 0 bridgehead atoms. The summed E-state index contributed by atoms with van der Waals surface area (Å²) in [5.74, 6) is -0.107. The van der Waals surface area contributed by atoms with E-state index in [9.17, 15) is 4.79 Å². The molecule has 1 rings (SSSR count). The molecule has 18 heavy (non-hydrogen) atoms. The lowest BCUT2D eigenvalue weighted by Gasteiger charge is -2.16. The Labute approximate surface area is 109 Å². The molecule has 2 N–H and O–H groups in total. The number of aryl methyl sites for hydroxylation is 1. The summed E-state index contributed by atoms with van der Waals surface area (Å²) in [6.45, 7) is 4.43. The van der Waals surface area contributed by atoms with Gasteiger partial charge in [0.05, 0.1) is 6.61 Å². The van der Waals surface area contributed by atoms with Gasteiger partial charge in [0.2, 0.25) is 0 Å². The second-order valence-corrected chi connectivity index (χ2v) is 4.67. The zero-order valence-corrected chi connectivity index (χ0v) is 11.3. The van der Waals surface area contributed by atoms with Gasteiger partial charge in [0.25, 0.3) is 0 Å². The number of ether oxygens (including phenoxy) is 1. The Morgan fingerprint density at radius 2 is 2.00 bits per heavy atom. The maximum absolute atomic E-state index is 11.6. The summed E-state index contributed by atoms with van der Waals surface area (Å²) in [7, 11) is 0. The number of carbonyl (C=O) groups is 1. The first-order valence-corrected chi connectivity index (χ1v) is 6.61. The fraction of sp³-hybridized carbons (Fsp3) is 0.533. The normalized spacial score (nSPS) is 13.9. The third kappa shape index (κ3) is 4.88. The number of esters is 1. The zero-order valence-electron chi connectivity index (χ0n) is 11.3. The Morgan fingerprint density at radius 1 is 1.33 bits per heavy atom. The van der Waals surface area contributed by atoms with Gasteiger partial charge in [-0.3, -0.25) is 4.79 Å². The Kier molecular flexibility index (Phi) is 6.44. The number of hydrogen-bond acceptors (Lipinski definition) is 3. The van der Waals surface area contributed by atoms with Gasteiger partial charge in [0, 0.05) is 0 Å². The van der Waals surface area contributed by atoms with Crippen LogP contribution in [0.2, 0.25) is 0 Å². The van der Waals surface area contributed by atoms with Crippen LogP contribution in [0.25, 0.3) is 0 Å². The van der Waals surface area contributed by atoms with E-state index in [4.69, 9.17) is 10.5 Å². The number of nitrogens with two attached hydrogens (primary N) is 1. The molecular formula is C15H23NO2. The Morgan fingerprint density at radius 3 is 2.61 bits per heavy atom. The Hall–Kier alpha value is -1.35. The van der Waals surface area contributed by atoms with Crippen molar-refractivity contribution in [3.63, 3.8) is 0 Å². The number of benzene rings is 1. The van der Waals surface area contributed by atoms with E-state index in [1.807, 2.05) is 32.0 Å². The highest BCUT2D eigenvalue weighted by Gasteiger charge is 2.20. The van der Waals surface area contributed by atoms with Crippen LogP contribution in [0.15, 0.2) is 30.3 Å². The molecule has 100 valence electrons. The van der Waals surface area contributed by atoms with Gasteiger partial charge in [0.1, 0.15) is 6.04 Å². The maximum atomic E-state index is 11.6. The van der Waals surface area contributed by atoms with Crippen LogP contribution >= 0.6 is 0 Å². The Balaban J connectivity index is 2.20. The molecule has 1 aromatic rings. The van der Waals surface area contributed by atoms with Crippen LogP contribution in [0.4, 0.5) is 0 Å². The van der Waals surface area contributed by atoms with Gasteiger partial charge in [-0.05, 0) is 24.3 Å². The van der Waals surface area contributed by atoms with E-state index >= 15 is 0 Å². The van der Waals surface area contributed by atoms with E-state index in [1.54, 1.807) is 0 Å². The summed E-state index contributed by atoms with van der Waals surface area (Å²) >= 11 is 0. The molecule has 0 amide bonds. The molecule has 0 fully saturated rings. The lowest BCUT2D eigenvalue weighted by Crippen LogP contribution is -2.38. The van der Waals surface area contributed by atoms with Crippen LogP contribution in [0.5, 0.6) is 0 Å². The van der Waals surface area contributed by atoms with Crippen molar-refractivity contribution in [1.29, 1.82) is 0 Å². The predicted molar refractivity (Wildman–Crippen MR) is 73.2 cm³/mol. The molecule has 0 aliphatic rings. The van der Waals surface area contributed by atoms with Crippen molar-refractivity contribution in [2.75, 3.05) is 6.61 Å². The first kappa shape index (κ1) is 14.7. The van der Waals surface area contributed by atoms with Crippen molar-refractivity contribution in [3.05, 3.63) is 35.9 Å². The van der Waals surface area contributed by atoms with Crippen molar-refractivity contribution in [2.45, 2.75) is 39.2 Å². The minimum absolute atomic E-state index is 0.173. The molecule has 3 heteroatoms. The number of hydrogen-bond donors (Lipinski definition) is 1. The Bertz CT molecular complexity index is 351. The summed E-state index contributed by atoms with van der Waals surface area (Å²) < 4.78 is 5.18. The maximum Gasteiger partial charge on any atom is 0.323 e. The lowest BCUT2D eigenvalue weighted by molar-refractivity contribution is -0.146. The van der Waals surface area contributed by atoms with Gasteiger partial charge < -0.3 is 10.5 Å². The van der Waals surface area contributed by atoms with Gasteiger partial charge in [-0.15, -0.1) is 0 Å². The molecular weight excluding hydrogens is 226 g/mol. The van der Waals surface area contributed by atoms with E-state index in [0.717, 1.165) is 19.3 Å². The molecule has 0 aromatic heterocycles. The number of rotatable bonds is 7. The predicted octanol–water partition coefficient (Wildman–Crippen LogP) is 2.54. The van der Waals surface area contributed by atoms with Crippen LogP contribution < -0.4 is 5.73 Å². The van der Waals surface area contributed by atoms with Crippen molar-refractivity contribution in [1.82, 2.24) is 0 Å². The van der Waals surface area contributed by atoms with Crippen molar-refractivity contribution in [2.24, 2.45) is 11.7 Å². The first-order valence-electron chi connectivity index (χ1n) is 6.61. The molecule has 0 unspecified atom stereocenters. The van der Waals surface area contributed by atoms with E-state index in [0.29, 0.717) is 6.61 Å². The molecule has 0 aliphatic heterocycles. The van der Waals surface area contributed by atoms with Crippen LogP contribution in [0.1, 0.15) is 32.3 Å². The molecule has 2 atom stereocenters. The van der Waals surface area contributed by atoms with Crippen molar-refractivity contribution >= 4 is 5.97 Å². The summed E-state index contributed by atoms with van der Waals surface area (Å²) in [5, 5.41) is 0. The molecule has 1 aromatic carbocycles. The fourth-order valence-electron chi connectivity index (χ4n) is 1.68. The van der Waals surface area contributed by atoms with Gasteiger partial charge in [-0.2, -0.15) is 0 Å². The quantitative estimate of drug-likeness (QED) is 0.597. The highest BCUT2D eigenvalue weighted by molar-refractivity contribution is 5.75. The summed E-state index contributed by atoms with van der Waals surface area (Å²) in [5.41, 5.74) is 7.05. The van der Waals surface area contributed by atoms with E-state index in [1.165, 1.54) is 5.56 Å². The molecule has 0 saturated carbocycles. The molecule has 0 radical (unpaired) electrons. The van der Waals surface area contributed by atoms with Crippen LogP contribution in [0.3, 0.4) is 0 Å². The standard InChI is InChI=1S/C15H23NO2/c1-3-12(2)14(16)15(17)18-11-7-10-13-8-5-4-6-9-13/h4-6,8-9,12,14H,3,7,10-11,16H2,1-2H3/t12-,14-/m0/s1. The highest BCUT2D eigenvalue weighted by Crippen LogP contribution is 2.07. The minimum Gasteiger partial charge on any atom is -0.465 e. The van der Waals surface area contributed by atoms with Crippen LogP contribution in [0, 0.1) is 5.92 Å². The molecule has 0 spiro atoms. The molecule has 3 nitrogen and oxygen atoms in total. The number of carbonyl (C=O) groups excluding carboxylic acids is 1. The van der Waals surface area contributed by atoms with Gasteiger partial charge in [-0.1, -0.05) is 50.6 Å². The van der Waals surface area contributed by atoms with Gasteiger partial charge in [0.15, 0.2) is 0 Å². The topological polar surface area (TPSA) is 52.3 Å². The lowest BCUT2D eigenvalue weighted by atomic mass is 10.0. The van der Waals surface area contributed by atoms with Crippen molar-refractivity contribution < 1.29 is 9.53 Å². The molecule has 0 saturated heterocycles. The second kappa shape index (κ2) is 7.88. The van der Waals surface area contributed by atoms with Crippen LogP contribution in [-0.4, -0.2) is 18.6 Å². The first-order chi connectivity index (χ1) is 8.65. The van der Waals surface area contributed by atoms with E-state index in [-0.39, 0.29) is 11.9 Å². The third-order valence-corrected chi connectivity index (χ3v) is 3.23. The fourth-order valence-corrected chi connectivity index (χ4v) is 1.68. The van der Waals surface area contributed by atoms with Gasteiger partial charge in [-0.25, -0.2) is 0 Å². The molecule has 0 heterocycles. The average Bonchev–Trinajstić information content (AvgIpc) is 2.42. The summed E-state index contributed by atoms with van der Waals surface area (Å²) in [6.07, 6.45) is 2.65. The van der Waals surface area contributed by atoms with Crippen LogP contribution in [-0.2, 0) is 16.0 Å². The van der Waals surface area contributed by atoms with Gasteiger partial charge >= 0.3 is 5.97 Å². The molecule has 0 aliphatic carbocycles.